The van der Waals surface area contributed by atoms with Gasteiger partial charge in [-0.2, -0.15) is 0 Å². The molecule has 2 aromatic carbocycles. The van der Waals surface area contributed by atoms with Gasteiger partial charge in [0.05, 0.1) is 11.2 Å². The second-order valence-electron chi connectivity index (χ2n) is 8.51. The maximum atomic E-state index is 13.1. The van der Waals surface area contributed by atoms with Crippen molar-refractivity contribution in [3.05, 3.63) is 100.0 Å². The van der Waals surface area contributed by atoms with Crippen molar-refractivity contribution >= 4 is 5.70 Å². The van der Waals surface area contributed by atoms with Gasteiger partial charge in [-0.25, -0.2) is 9.37 Å². The molecular formula is C25H27FN4O2. The van der Waals surface area contributed by atoms with Crippen molar-refractivity contribution in [2.24, 2.45) is 0 Å². The Bertz CT molecular complexity index is 1190. The molecule has 4 rings (SSSR count). The third kappa shape index (κ3) is 4.16. The standard InChI is InChI=1S/C25H27FN4O2/c1-17(27-15-18-9-11-20(26)12-10-18)21-22(31)23(32)30-14-13-29(25(2,3)24(30)28-21)16-19-7-5-4-6-8-19/h4-12,27,31H,1,13-16H2,2-3H3. The van der Waals surface area contributed by atoms with Crippen molar-refractivity contribution < 1.29 is 9.50 Å². The van der Waals surface area contributed by atoms with Gasteiger partial charge < -0.3 is 10.4 Å². The van der Waals surface area contributed by atoms with Crippen LogP contribution in [0.15, 0.2) is 66.0 Å². The predicted molar refractivity (Wildman–Crippen MR) is 122 cm³/mol. The zero-order valence-electron chi connectivity index (χ0n) is 18.3. The Morgan fingerprint density at radius 2 is 1.81 bits per heavy atom. The zero-order valence-corrected chi connectivity index (χ0v) is 18.3. The van der Waals surface area contributed by atoms with Gasteiger partial charge in [0.1, 0.15) is 17.3 Å². The van der Waals surface area contributed by atoms with Crippen molar-refractivity contribution in [1.82, 2.24) is 19.8 Å². The normalized spacial score (nSPS) is 15.2. The van der Waals surface area contributed by atoms with Gasteiger partial charge in [0, 0.05) is 26.2 Å². The van der Waals surface area contributed by atoms with E-state index in [-0.39, 0.29) is 11.5 Å². The third-order valence-electron chi connectivity index (χ3n) is 6.00. The summed E-state index contributed by atoms with van der Waals surface area (Å²) in [5.74, 6) is -0.142. The molecule has 3 aromatic rings. The molecule has 166 valence electrons. The van der Waals surface area contributed by atoms with E-state index in [4.69, 9.17) is 4.98 Å². The first-order valence-electron chi connectivity index (χ1n) is 10.6. The summed E-state index contributed by atoms with van der Waals surface area (Å²) in [6, 6.07) is 16.2. The molecule has 0 amide bonds. The minimum atomic E-state index is -0.535. The molecule has 6 nitrogen and oxygen atoms in total. The summed E-state index contributed by atoms with van der Waals surface area (Å²) < 4.78 is 14.7. The number of benzene rings is 2. The number of halogens is 1. The SMILES string of the molecule is C=C(NCc1ccc(F)cc1)c1nc2n(c(=O)c1O)CCN(Cc1ccccc1)C2(C)C. The molecule has 0 saturated carbocycles. The number of hydrogen-bond donors (Lipinski definition) is 2. The quantitative estimate of drug-likeness (QED) is 0.620. The first-order chi connectivity index (χ1) is 15.3. The Labute approximate surface area is 186 Å². The van der Waals surface area contributed by atoms with E-state index in [0.717, 1.165) is 12.1 Å². The fourth-order valence-corrected chi connectivity index (χ4v) is 4.05. The summed E-state index contributed by atoms with van der Waals surface area (Å²) in [4.78, 5) is 19.9. The number of aromatic nitrogens is 2. The topological polar surface area (TPSA) is 70.4 Å². The van der Waals surface area contributed by atoms with Gasteiger partial charge in [-0.3, -0.25) is 14.3 Å². The van der Waals surface area contributed by atoms with Crippen LogP contribution < -0.4 is 10.9 Å². The zero-order chi connectivity index (χ0) is 22.9. The second kappa shape index (κ2) is 8.59. The van der Waals surface area contributed by atoms with Crippen LogP contribution in [-0.2, 0) is 25.2 Å². The number of aromatic hydroxyl groups is 1. The second-order valence-corrected chi connectivity index (χ2v) is 8.51. The van der Waals surface area contributed by atoms with E-state index in [1.54, 1.807) is 16.7 Å². The van der Waals surface area contributed by atoms with Crippen LogP contribution in [0.25, 0.3) is 5.70 Å². The molecular weight excluding hydrogens is 407 g/mol. The van der Waals surface area contributed by atoms with Crippen molar-refractivity contribution in [2.75, 3.05) is 6.54 Å². The molecule has 2 heterocycles. The lowest BCUT2D eigenvalue weighted by Gasteiger charge is -2.43. The third-order valence-corrected chi connectivity index (χ3v) is 6.00. The van der Waals surface area contributed by atoms with E-state index in [9.17, 15) is 14.3 Å². The fraction of sp³-hybridized carbons (Fsp3) is 0.280. The molecule has 0 radical (unpaired) electrons. The number of rotatable bonds is 6. The van der Waals surface area contributed by atoms with E-state index in [1.807, 2.05) is 32.0 Å². The lowest BCUT2D eigenvalue weighted by Crippen LogP contribution is -2.52. The minimum Gasteiger partial charge on any atom is -0.501 e. The summed E-state index contributed by atoms with van der Waals surface area (Å²) in [6.45, 7) is 10.2. The van der Waals surface area contributed by atoms with Crippen LogP contribution in [0.4, 0.5) is 4.39 Å². The maximum absolute atomic E-state index is 13.1. The molecule has 0 aliphatic carbocycles. The number of nitrogens with one attached hydrogen (secondary N) is 1. The van der Waals surface area contributed by atoms with E-state index < -0.39 is 16.8 Å². The first-order valence-corrected chi connectivity index (χ1v) is 10.6. The summed E-state index contributed by atoms with van der Waals surface area (Å²) in [5, 5.41) is 13.7. The van der Waals surface area contributed by atoms with Crippen LogP contribution in [0.3, 0.4) is 0 Å². The molecule has 0 atom stereocenters. The smallest absolute Gasteiger partial charge is 0.296 e. The molecule has 0 spiro atoms. The van der Waals surface area contributed by atoms with Crippen LogP contribution in [0, 0.1) is 5.82 Å². The van der Waals surface area contributed by atoms with Gasteiger partial charge >= 0.3 is 0 Å². The average Bonchev–Trinajstić information content (AvgIpc) is 2.78. The van der Waals surface area contributed by atoms with Crippen molar-refractivity contribution in [3.8, 4) is 5.75 Å². The van der Waals surface area contributed by atoms with Crippen molar-refractivity contribution in [2.45, 2.75) is 39.0 Å². The molecule has 0 bridgehead atoms. The number of fused-ring (bicyclic) bond motifs is 1. The lowest BCUT2D eigenvalue weighted by atomic mass is 9.97. The van der Waals surface area contributed by atoms with E-state index >= 15 is 0 Å². The molecule has 0 saturated heterocycles. The maximum Gasteiger partial charge on any atom is 0.296 e. The Morgan fingerprint density at radius 1 is 1.12 bits per heavy atom. The van der Waals surface area contributed by atoms with Crippen LogP contribution in [0.1, 0.15) is 36.5 Å². The van der Waals surface area contributed by atoms with Gasteiger partial charge in [0.15, 0.2) is 0 Å². The molecule has 0 fully saturated rings. The first kappa shape index (κ1) is 21.8. The summed E-state index contributed by atoms with van der Waals surface area (Å²) >= 11 is 0. The molecule has 1 aliphatic heterocycles. The van der Waals surface area contributed by atoms with E-state index in [1.165, 1.54) is 17.7 Å². The molecule has 1 aromatic heterocycles. The number of hydrogen-bond acceptors (Lipinski definition) is 5. The molecule has 2 N–H and O–H groups in total. The molecule has 0 unspecified atom stereocenters. The predicted octanol–water partition coefficient (Wildman–Crippen LogP) is 3.60. The average molecular weight is 435 g/mol. The Hall–Kier alpha value is -3.45. The summed E-state index contributed by atoms with van der Waals surface area (Å²) in [6.07, 6.45) is 0. The van der Waals surface area contributed by atoms with Gasteiger partial charge in [-0.15, -0.1) is 0 Å². The highest BCUT2D eigenvalue weighted by atomic mass is 19.1. The lowest BCUT2D eigenvalue weighted by molar-refractivity contribution is 0.0657. The van der Waals surface area contributed by atoms with Crippen molar-refractivity contribution in [3.63, 3.8) is 0 Å². The summed E-state index contributed by atoms with van der Waals surface area (Å²) in [5.41, 5.74) is 1.49. The van der Waals surface area contributed by atoms with Gasteiger partial charge in [0.2, 0.25) is 5.75 Å². The Morgan fingerprint density at radius 3 is 2.50 bits per heavy atom. The Balaban J connectivity index is 1.62. The highest BCUT2D eigenvalue weighted by Crippen LogP contribution is 2.32. The minimum absolute atomic E-state index is 0.137. The highest BCUT2D eigenvalue weighted by molar-refractivity contribution is 5.63. The Kier molecular flexibility index (Phi) is 5.84. The molecule has 7 heteroatoms. The largest absolute Gasteiger partial charge is 0.501 e. The fourth-order valence-electron chi connectivity index (χ4n) is 4.05. The van der Waals surface area contributed by atoms with Crippen LogP contribution in [-0.4, -0.2) is 26.1 Å². The monoisotopic (exact) mass is 434 g/mol. The van der Waals surface area contributed by atoms with Crippen LogP contribution >= 0.6 is 0 Å². The summed E-state index contributed by atoms with van der Waals surface area (Å²) in [7, 11) is 0. The highest BCUT2D eigenvalue weighted by Gasteiger charge is 2.38. The van der Waals surface area contributed by atoms with Crippen LogP contribution in [0.5, 0.6) is 5.75 Å². The van der Waals surface area contributed by atoms with Gasteiger partial charge in [-0.05, 0) is 37.1 Å². The van der Waals surface area contributed by atoms with Gasteiger partial charge in [-0.1, -0.05) is 49.0 Å². The molecule has 1 aliphatic rings. The van der Waals surface area contributed by atoms with Gasteiger partial charge in [0.25, 0.3) is 5.56 Å². The van der Waals surface area contributed by atoms with Crippen molar-refractivity contribution in [1.29, 1.82) is 0 Å². The molecule has 32 heavy (non-hydrogen) atoms. The van der Waals surface area contributed by atoms with Crippen LogP contribution in [0.2, 0.25) is 0 Å². The van der Waals surface area contributed by atoms with E-state index in [2.05, 4.69) is 28.9 Å². The number of nitrogens with zero attached hydrogens (tertiary/aromatic N) is 3. The van der Waals surface area contributed by atoms with E-state index in [0.29, 0.717) is 31.2 Å².